The molecule has 0 fully saturated rings. The molecule has 1 unspecified atom stereocenters. The Morgan fingerprint density at radius 2 is 2.15 bits per heavy atom. The lowest BCUT2D eigenvalue weighted by atomic mass is 9.80. The maximum atomic E-state index is 11.6. The number of carboxylic acids is 2. The number of carboxylic acid groups (broad SMARTS) is 2. The molecule has 106 valence electrons. The Balaban J connectivity index is 2.61. The van der Waals surface area contributed by atoms with Crippen molar-refractivity contribution in [3.63, 3.8) is 0 Å². The van der Waals surface area contributed by atoms with Crippen LogP contribution in [-0.2, 0) is 9.59 Å². The molecule has 1 atom stereocenters. The third-order valence-electron chi connectivity index (χ3n) is 3.50. The van der Waals surface area contributed by atoms with Gasteiger partial charge in [-0.15, -0.1) is 0 Å². The van der Waals surface area contributed by atoms with E-state index in [4.69, 9.17) is 16.7 Å². The first-order valence-corrected chi connectivity index (χ1v) is 6.51. The van der Waals surface area contributed by atoms with E-state index in [1.807, 2.05) is 0 Å². The van der Waals surface area contributed by atoms with E-state index in [9.17, 15) is 14.7 Å². The summed E-state index contributed by atoms with van der Waals surface area (Å²) in [5.74, 6) is -2.11. The molecule has 0 aliphatic carbocycles. The number of anilines is 1. The Kier molecular flexibility index (Phi) is 3.72. The Morgan fingerprint density at radius 3 is 2.70 bits per heavy atom. The van der Waals surface area contributed by atoms with E-state index in [-0.39, 0.29) is 6.42 Å². The minimum absolute atomic E-state index is 0.111. The Bertz CT molecular complexity index is 611. The summed E-state index contributed by atoms with van der Waals surface area (Å²) in [6.07, 6.45) is 1.49. The molecule has 6 heteroatoms. The SMILES string of the molecule is CCC1(C(=O)O)CC(=CC(=O)O)c2ccc(Cl)cc2N1. The highest BCUT2D eigenvalue weighted by Crippen LogP contribution is 2.41. The first kappa shape index (κ1) is 14.4. The van der Waals surface area contributed by atoms with Gasteiger partial charge in [-0.05, 0) is 24.1 Å². The van der Waals surface area contributed by atoms with Crippen LogP contribution in [-0.4, -0.2) is 27.7 Å². The molecular formula is C14H14ClNO4. The van der Waals surface area contributed by atoms with Crippen LogP contribution in [0.25, 0.3) is 5.57 Å². The van der Waals surface area contributed by atoms with Crippen LogP contribution in [0.2, 0.25) is 5.02 Å². The van der Waals surface area contributed by atoms with Crippen molar-refractivity contribution in [3.8, 4) is 0 Å². The van der Waals surface area contributed by atoms with Gasteiger partial charge in [0.25, 0.3) is 0 Å². The van der Waals surface area contributed by atoms with Gasteiger partial charge in [0.1, 0.15) is 5.54 Å². The number of aliphatic carboxylic acids is 2. The Labute approximate surface area is 120 Å². The standard InChI is InChI=1S/C14H14ClNO4/c1-2-14(13(19)20)7-8(5-12(17)18)10-4-3-9(15)6-11(10)16-14/h3-6,16H,2,7H2,1H3,(H,17,18)(H,19,20). The normalized spacial score (nSPS) is 23.0. The van der Waals surface area contributed by atoms with Gasteiger partial charge >= 0.3 is 11.9 Å². The number of halogens is 1. The molecule has 3 N–H and O–H groups in total. The number of rotatable bonds is 3. The molecule has 0 amide bonds. The maximum absolute atomic E-state index is 11.6. The Morgan fingerprint density at radius 1 is 1.45 bits per heavy atom. The first-order valence-electron chi connectivity index (χ1n) is 6.13. The lowest BCUT2D eigenvalue weighted by molar-refractivity contribution is -0.142. The van der Waals surface area contributed by atoms with Gasteiger partial charge in [-0.25, -0.2) is 9.59 Å². The smallest absolute Gasteiger partial charge is 0.329 e. The van der Waals surface area contributed by atoms with Crippen LogP contribution in [0.15, 0.2) is 24.3 Å². The molecule has 1 heterocycles. The van der Waals surface area contributed by atoms with E-state index in [1.54, 1.807) is 25.1 Å². The number of nitrogens with one attached hydrogen (secondary N) is 1. The highest BCUT2D eigenvalue weighted by Gasteiger charge is 2.41. The summed E-state index contributed by atoms with van der Waals surface area (Å²) in [5.41, 5.74) is 0.480. The number of hydrogen-bond donors (Lipinski definition) is 3. The van der Waals surface area contributed by atoms with Crippen molar-refractivity contribution in [2.45, 2.75) is 25.3 Å². The number of carbonyl (C=O) groups is 2. The zero-order valence-corrected chi connectivity index (χ0v) is 11.6. The molecule has 0 saturated carbocycles. The molecule has 20 heavy (non-hydrogen) atoms. The molecule has 0 spiro atoms. The average molecular weight is 296 g/mol. The lowest BCUT2D eigenvalue weighted by Crippen LogP contribution is -2.48. The summed E-state index contributed by atoms with van der Waals surface area (Å²) < 4.78 is 0. The van der Waals surface area contributed by atoms with Crippen molar-refractivity contribution < 1.29 is 19.8 Å². The van der Waals surface area contributed by atoms with Gasteiger partial charge in [0.15, 0.2) is 0 Å². The van der Waals surface area contributed by atoms with Crippen LogP contribution in [0.3, 0.4) is 0 Å². The molecule has 0 aromatic heterocycles. The second kappa shape index (κ2) is 5.17. The number of hydrogen-bond acceptors (Lipinski definition) is 3. The third kappa shape index (κ3) is 2.49. The van der Waals surface area contributed by atoms with Crippen molar-refractivity contribution in [3.05, 3.63) is 34.9 Å². The lowest BCUT2D eigenvalue weighted by Gasteiger charge is -2.37. The topological polar surface area (TPSA) is 86.6 Å². The van der Waals surface area contributed by atoms with Crippen molar-refractivity contribution in [1.29, 1.82) is 0 Å². The molecule has 0 bridgehead atoms. The fraction of sp³-hybridized carbons (Fsp3) is 0.286. The summed E-state index contributed by atoms with van der Waals surface area (Å²) in [6, 6.07) is 4.96. The average Bonchev–Trinajstić information content (AvgIpc) is 2.36. The van der Waals surface area contributed by atoms with Gasteiger partial charge in [-0.2, -0.15) is 0 Å². The van der Waals surface area contributed by atoms with Crippen molar-refractivity contribution in [2.24, 2.45) is 0 Å². The first-order chi connectivity index (χ1) is 9.38. The predicted molar refractivity (Wildman–Crippen MR) is 76.0 cm³/mol. The third-order valence-corrected chi connectivity index (χ3v) is 3.74. The number of fused-ring (bicyclic) bond motifs is 1. The summed E-state index contributed by atoms with van der Waals surface area (Å²) in [5, 5.41) is 21.9. The summed E-state index contributed by atoms with van der Waals surface area (Å²) in [6.45, 7) is 1.75. The van der Waals surface area contributed by atoms with Gasteiger partial charge < -0.3 is 15.5 Å². The van der Waals surface area contributed by atoms with Crippen molar-refractivity contribution in [1.82, 2.24) is 0 Å². The minimum atomic E-state index is -1.21. The fourth-order valence-corrected chi connectivity index (χ4v) is 2.57. The van der Waals surface area contributed by atoms with Crippen LogP contribution in [0.4, 0.5) is 5.69 Å². The zero-order chi connectivity index (χ0) is 14.9. The molecule has 1 aliphatic rings. The van der Waals surface area contributed by atoms with Crippen LogP contribution in [0.1, 0.15) is 25.3 Å². The van der Waals surface area contributed by atoms with Crippen LogP contribution < -0.4 is 5.32 Å². The molecule has 1 aliphatic heterocycles. The molecule has 5 nitrogen and oxygen atoms in total. The van der Waals surface area contributed by atoms with Crippen molar-refractivity contribution >= 4 is 34.8 Å². The second-order valence-corrected chi connectivity index (χ2v) is 5.18. The minimum Gasteiger partial charge on any atom is -0.479 e. The molecule has 0 saturated heterocycles. The van der Waals surface area contributed by atoms with Crippen LogP contribution >= 0.6 is 11.6 Å². The fourth-order valence-electron chi connectivity index (χ4n) is 2.39. The van der Waals surface area contributed by atoms with Gasteiger partial charge in [0.2, 0.25) is 0 Å². The summed E-state index contributed by atoms with van der Waals surface area (Å²) in [4.78, 5) is 22.5. The summed E-state index contributed by atoms with van der Waals surface area (Å²) in [7, 11) is 0. The van der Waals surface area contributed by atoms with E-state index in [2.05, 4.69) is 5.32 Å². The monoisotopic (exact) mass is 295 g/mol. The predicted octanol–water partition coefficient (Wildman–Crippen LogP) is 2.86. The van der Waals surface area contributed by atoms with Gasteiger partial charge in [-0.3, -0.25) is 0 Å². The van der Waals surface area contributed by atoms with Crippen LogP contribution in [0.5, 0.6) is 0 Å². The van der Waals surface area contributed by atoms with E-state index in [0.29, 0.717) is 28.3 Å². The highest BCUT2D eigenvalue weighted by atomic mass is 35.5. The molecule has 0 radical (unpaired) electrons. The molecule has 1 aromatic rings. The van der Waals surface area contributed by atoms with E-state index < -0.39 is 17.5 Å². The van der Waals surface area contributed by atoms with Gasteiger partial charge in [0, 0.05) is 28.8 Å². The number of benzene rings is 1. The second-order valence-electron chi connectivity index (χ2n) is 4.74. The van der Waals surface area contributed by atoms with Gasteiger partial charge in [0.05, 0.1) is 0 Å². The highest BCUT2D eigenvalue weighted by molar-refractivity contribution is 6.31. The quantitative estimate of drug-likeness (QED) is 0.746. The molecule has 1 aromatic carbocycles. The van der Waals surface area contributed by atoms with Crippen LogP contribution in [0, 0.1) is 0 Å². The Hall–Kier alpha value is -2.01. The van der Waals surface area contributed by atoms with E-state index >= 15 is 0 Å². The van der Waals surface area contributed by atoms with Gasteiger partial charge in [-0.1, -0.05) is 24.6 Å². The van der Waals surface area contributed by atoms with Crippen molar-refractivity contribution in [2.75, 3.05) is 5.32 Å². The largest absolute Gasteiger partial charge is 0.479 e. The van der Waals surface area contributed by atoms with E-state index in [0.717, 1.165) is 6.08 Å². The summed E-state index contributed by atoms with van der Waals surface area (Å²) >= 11 is 5.92. The zero-order valence-electron chi connectivity index (χ0n) is 10.8. The van der Waals surface area contributed by atoms with E-state index in [1.165, 1.54) is 0 Å². The molecule has 2 rings (SSSR count). The maximum Gasteiger partial charge on any atom is 0.329 e. The molecular weight excluding hydrogens is 282 g/mol.